The number of benzene rings is 2. The lowest BCUT2D eigenvalue weighted by Gasteiger charge is -2.34. The molecular weight excluding hydrogens is 326 g/mol. The van der Waals surface area contributed by atoms with Crippen molar-refractivity contribution in [1.29, 1.82) is 0 Å². The quantitative estimate of drug-likeness (QED) is 0.616. The van der Waals surface area contributed by atoms with Gasteiger partial charge in [0.05, 0.1) is 0 Å². The molecule has 0 bridgehead atoms. The maximum Gasteiger partial charge on any atom is 0.0406 e. The van der Waals surface area contributed by atoms with Crippen LogP contribution in [-0.4, -0.2) is 24.5 Å². The lowest BCUT2D eigenvalue weighted by Crippen LogP contribution is -2.37. The number of hydrogen-bond donors (Lipinski definition) is 0. The van der Waals surface area contributed by atoms with Gasteiger partial charge < -0.3 is 4.90 Å². The molecule has 2 aliphatic rings. The predicted molar refractivity (Wildman–Crippen MR) is 107 cm³/mol. The minimum Gasteiger partial charge on any atom is -0.302 e. The Balaban J connectivity index is 1.41. The lowest BCUT2D eigenvalue weighted by atomic mass is 9.89. The van der Waals surface area contributed by atoms with Crippen LogP contribution in [0.1, 0.15) is 50.0 Å². The Morgan fingerprint density at radius 3 is 2.12 bits per heavy atom. The van der Waals surface area contributed by atoms with Crippen LogP contribution in [0.3, 0.4) is 0 Å². The second-order valence-corrected chi connectivity index (χ2v) is 8.31. The first-order valence-corrected chi connectivity index (χ1v) is 10.2. The molecule has 0 aromatic heterocycles. The maximum atomic E-state index is 6.00. The van der Waals surface area contributed by atoms with Gasteiger partial charge in [-0.05, 0) is 72.9 Å². The van der Waals surface area contributed by atoms with Crippen molar-refractivity contribution >= 4 is 11.6 Å². The van der Waals surface area contributed by atoms with Crippen molar-refractivity contribution in [2.75, 3.05) is 19.6 Å². The molecule has 1 atom stereocenters. The summed E-state index contributed by atoms with van der Waals surface area (Å²) >= 11 is 6.00. The fraction of sp³-hybridized carbons (Fsp3) is 0.478. The molecular formula is C23H28ClN. The molecule has 0 spiro atoms. The van der Waals surface area contributed by atoms with E-state index in [1.165, 1.54) is 74.8 Å². The van der Waals surface area contributed by atoms with Crippen LogP contribution in [-0.2, 0) is 0 Å². The van der Waals surface area contributed by atoms with Crippen molar-refractivity contribution in [3.8, 4) is 11.1 Å². The molecule has 0 amide bonds. The molecule has 2 aromatic carbocycles. The van der Waals surface area contributed by atoms with E-state index in [9.17, 15) is 0 Å². The molecule has 132 valence electrons. The summed E-state index contributed by atoms with van der Waals surface area (Å²) < 4.78 is 0. The second-order valence-electron chi connectivity index (χ2n) is 7.88. The van der Waals surface area contributed by atoms with Crippen molar-refractivity contribution in [3.63, 3.8) is 0 Å². The highest BCUT2D eigenvalue weighted by atomic mass is 35.5. The first kappa shape index (κ1) is 17.1. The monoisotopic (exact) mass is 353 g/mol. The first-order chi connectivity index (χ1) is 12.3. The van der Waals surface area contributed by atoms with Gasteiger partial charge in [-0.1, -0.05) is 60.8 Å². The molecule has 1 aliphatic heterocycles. The molecule has 1 heterocycles. The van der Waals surface area contributed by atoms with E-state index in [4.69, 9.17) is 11.6 Å². The Morgan fingerprint density at radius 1 is 0.800 bits per heavy atom. The summed E-state index contributed by atoms with van der Waals surface area (Å²) in [6.07, 6.45) is 8.49. The summed E-state index contributed by atoms with van der Waals surface area (Å²) in [6.45, 7) is 3.88. The highest BCUT2D eigenvalue weighted by Crippen LogP contribution is 2.32. The van der Waals surface area contributed by atoms with Gasteiger partial charge in [0.15, 0.2) is 0 Å². The zero-order chi connectivity index (χ0) is 17.1. The predicted octanol–water partition coefficient (Wildman–Crippen LogP) is 6.38. The van der Waals surface area contributed by atoms with Gasteiger partial charge >= 0.3 is 0 Å². The van der Waals surface area contributed by atoms with Crippen LogP contribution >= 0.6 is 11.6 Å². The van der Waals surface area contributed by atoms with Crippen molar-refractivity contribution in [1.82, 2.24) is 4.90 Å². The molecule has 0 radical (unpaired) electrons. The number of hydrogen-bond acceptors (Lipinski definition) is 1. The zero-order valence-corrected chi connectivity index (χ0v) is 15.7. The molecule has 4 rings (SSSR count). The Hall–Kier alpha value is -1.31. The Kier molecular flexibility index (Phi) is 5.43. The van der Waals surface area contributed by atoms with Gasteiger partial charge in [0.25, 0.3) is 0 Å². The maximum absolute atomic E-state index is 6.00. The molecule has 2 aromatic rings. The van der Waals surface area contributed by atoms with Crippen LogP contribution in [0.15, 0.2) is 48.5 Å². The Morgan fingerprint density at radius 2 is 1.44 bits per heavy atom. The largest absolute Gasteiger partial charge is 0.302 e. The minimum atomic E-state index is 0.703. The molecule has 2 fully saturated rings. The second kappa shape index (κ2) is 7.93. The van der Waals surface area contributed by atoms with Crippen LogP contribution in [0.4, 0.5) is 0 Å². The topological polar surface area (TPSA) is 3.24 Å². The van der Waals surface area contributed by atoms with E-state index in [1.54, 1.807) is 0 Å². The van der Waals surface area contributed by atoms with Gasteiger partial charge in [-0.2, -0.15) is 0 Å². The van der Waals surface area contributed by atoms with E-state index in [1.807, 2.05) is 12.1 Å². The SMILES string of the molecule is Clc1ccc(-c2ccc([C@H]3CCCN(CC4CCCC4)C3)cc2)cc1. The van der Waals surface area contributed by atoms with Gasteiger partial charge in [0.1, 0.15) is 0 Å². The minimum absolute atomic E-state index is 0.703. The average molecular weight is 354 g/mol. The number of halogens is 1. The smallest absolute Gasteiger partial charge is 0.0406 e. The Labute approximate surface area is 157 Å². The number of piperidine rings is 1. The van der Waals surface area contributed by atoms with E-state index in [2.05, 4.69) is 41.3 Å². The standard InChI is InChI=1S/C23H28ClN/c24-23-13-11-20(12-14-23)19-7-9-21(10-8-19)22-6-3-15-25(17-22)16-18-4-1-2-5-18/h7-14,18,22H,1-6,15-17H2/t22-/m0/s1. The summed E-state index contributed by atoms with van der Waals surface area (Å²) in [7, 11) is 0. The van der Waals surface area contributed by atoms with Gasteiger partial charge in [0, 0.05) is 18.1 Å². The van der Waals surface area contributed by atoms with Gasteiger partial charge in [0.2, 0.25) is 0 Å². The van der Waals surface area contributed by atoms with Crippen LogP contribution in [0.25, 0.3) is 11.1 Å². The van der Waals surface area contributed by atoms with Gasteiger partial charge in [-0.15, -0.1) is 0 Å². The van der Waals surface area contributed by atoms with Crippen molar-refractivity contribution in [3.05, 3.63) is 59.1 Å². The Bertz CT molecular complexity index is 670. The molecule has 1 saturated carbocycles. The van der Waals surface area contributed by atoms with Crippen LogP contribution in [0, 0.1) is 5.92 Å². The van der Waals surface area contributed by atoms with E-state index < -0.39 is 0 Å². The van der Waals surface area contributed by atoms with Crippen molar-refractivity contribution in [2.24, 2.45) is 5.92 Å². The summed E-state index contributed by atoms with van der Waals surface area (Å²) in [5.74, 6) is 1.67. The highest BCUT2D eigenvalue weighted by Gasteiger charge is 2.24. The average Bonchev–Trinajstić information content (AvgIpc) is 3.16. The highest BCUT2D eigenvalue weighted by molar-refractivity contribution is 6.30. The first-order valence-electron chi connectivity index (χ1n) is 9.86. The third kappa shape index (κ3) is 4.27. The van der Waals surface area contributed by atoms with E-state index >= 15 is 0 Å². The summed E-state index contributed by atoms with van der Waals surface area (Å²) in [5, 5.41) is 0.796. The summed E-state index contributed by atoms with van der Waals surface area (Å²) in [4.78, 5) is 2.73. The van der Waals surface area contributed by atoms with E-state index in [0.29, 0.717) is 5.92 Å². The normalized spacial score (nSPS) is 22.4. The van der Waals surface area contributed by atoms with Gasteiger partial charge in [-0.3, -0.25) is 0 Å². The summed E-state index contributed by atoms with van der Waals surface area (Å²) in [5.41, 5.74) is 4.02. The molecule has 1 nitrogen and oxygen atoms in total. The third-order valence-electron chi connectivity index (χ3n) is 6.06. The number of likely N-dealkylation sites (tertiary alicyclic amines) is 1. The van der Waals surface area contributed by atoms with Crippen molar-refractivity contribution in [2.45, 2.75) is 44.4 Å². The third-order valence-corrected chi connectivity index (χ3v) is 6.31. The van der Waals surface area contributed by atoms with Gasteiger partial charge in [-0.25, -0.2) is 0 Å². The number of nitrogens with zero attached hydrogens (tertiary/aromatic N) is 1. The van der Waals surface area contributed by atoms with Crippen molar-refractivity contribution < 1.29 is 0 Å². The molecule has 25 heavy (non-hydrogen) atoms. The van der Waals surface area contributed by atoms with Crippen LogP contribution in [0.5, 0.6) is 0 Å². The van der Waals surface area contributed by atoms with E-state index in [0.717, 1.165) is 10.9 Å². The molecule has 1 aliphatic carbocycles. The molecule has 0 unspecified atom stereocenters. The van der Waals surface area contributed by atoms with Crippen LogP contribution in [0.2, 0.25) is 5.02 Å². The lowest BCUT2D eigenvalue weighted by molar-refractivity contribution is 0.179. The molecule has 0 N–H and O–H groups in total. The van der Waals surface area contributed by atoms with Crippen LogP contribution < -0.4 is 0 Å². The fourth-order valence-electron chi connectivity index (χ4n) is 4.64. The summed E-state index contributed by atoms with van der Waals surface area (Å²) in [6, 6.07) is 17.4. The zero-order valence-electron chi connectivity index (χ0n) is 15.0. The molecule has 1 saturated heterocycles. The fourth-order valence-corrected chi connectivity index (χ4v) is 4.77. The molecule has 2 heteroatoms. The number of rotatable bonds is 4. The van der Waals surface area contributed by atoms with E-state index in [-0.39, 0.29) is 0 Å².